The SMILES string of the molecule is CC(C)(C)OC(=O)N1CCC2(CCC(O)O2)C1. The van der Waals surface area contributed by atoms with Crippen molar-refractivity contribution in [1.82, 2.24) is 4.90 Å². The number of carbonyl (C=O) groups is 1. The van der Waals surface area contributed by atoms with Crippen molar-refractivity contribution < 1.29 is 19.4 Å². The number of aliphatic hydroxyl groups is 1. The lowest BCUT2D eigenvalue weighted by atomic mass is 10.00. The van der Waals surface area contributed by atoms with Gasteiger partial charge in [-0.15, -0.1) is 0 Å². The molecule has 2 aliphatic heterocycles. The Morgan fingerprint density at radius 1 is 1.47 bits per heavy atom. The van der Waals surface area contributed by atoms with Gasteiger partial charge in [-0.1, -0.05) is 0 Å². The Morgan fingerprint density at radius 3 is 2.71 bits per heavy atom. The van der Waals surface area contributed by atoms with Crippen LogP contribution in [-0.2, 0) is 9.47 Å². The third-order valence-electron chi connectivity index (χ3n) is 3.20. The first-order valence-corrected chi connectivity index (χ1v) is 6.14. The Morgan fingerprint density at radius 2 is 2.18 bits per heavy atom. The van der Waals surface area contributed by atoms with Gasteiger partial charge in [0.25, 0.3) is 0 Å². The number of hydrogen-bond donors (Lipinski definition) is 1. The molecule has 0 radical (unpaired) electrons. The van der Waals surface area contributed by atoms with Crippen molar-refractivity contribution in [2.45, 2.75) is 57.5 Å². The molecule has 0 aliphatic carbocycles. The molecule has 2 atom stereocenters. The molecule has 5 nitrogen and oxygen atoms in total. The molecule has 0 bridgehead atoms. The van der Waals surface area contributed by atoms with E-state index in [-0.39, 0.29) is 11.7 Å². The monoisotopic (exact) mass is 243 g/mol. The van der Waals surface area contributed by atoms with Crippen LogP contribution >= 0.6 is 0 Å². The van der Waals surface area contributed by atoms with Gasteiger partial charge >= 0.3 is 6.09 Å². The molecule has 2 heterocycles. The minimum atomic E-state index is -0.673. The van der Waals surface area contributed by atoms with E-state index >= 15 is 0 Å². The van der Waals surface area contributed by atoms with E-state index in [1.807, 2.05) is 20.8 Å². The van der Waals surface area contributed by atoms with Gasteiger partial charge in [-0.05, 0) is 33.6 Å². The second kappa shape index (κ2) is 4.14. The molecule has 5 heteroatoms. The summed E-state index contributed by atoms with van der Waals surface area (Å²) < 4.78 is 10.8. The molecule has 2 fully saturated rings. The van der Waals surface area contributed by atoms with Gasteiger partial charge in [-0.25, -0.2) is 4.79 Å². The minimum Gasteiger partial charge on any atom is -0.444 e. The average Bonchev–Trinajstić information content (AvgIpc) is 2.72. The summed E-state index contributed by atoms with van der Waals surface area (Å²) in [6.07, 6.45) is 1.28. The minimum absolute atomic E-state index is 0.292. The summed E-state index contributed by atoms with van der Waals surface area (Å²) >= 11 is 0. The standard InChI is InChI=1S/C12H21NO4/c1-11(2,3)17-10(15)13-7-6-12(8-13)5-4-9(14)16-12/h9,14H,4-8H2,1-3H3. The normalized spacial score (nSPS) is 33.4. The summed E-state index contributed by atoms with van der Waals surface area (Å²) in [5.74, 6) is 0. The maximum atomic E-state index is 11.9. The van der Waals surface area contributed by atoms with Gasteiger partial charge in [0.05, 0.1) is 12.1 Å². The van der Waals surface area contributed by atoms with Gasteiger partial charge in [0.1, 0.15) is 5.60 Å². The summed E-state index contributed by atoms with van der Waals surface area (Å²) in [6, 6.07) is 0. The predicted octanol–water partition coefficient (Wildman–Crippen LogP) is 1.49. The Hall–Kier alpha value is -0.810. The van der Waals surface area contributed by atoms with Crippen LogP contribution in [0, 0.1) is 0 Å². The number of nitrogens with zero attached hydrogens (tertiary/aromatic N) is 1. The first-order valence-electron chi connectivity index (χ1n) is 6.14. The van der Waals surface area contributed by atoms with Crippen LogP contribution in [-0.4, -0.2) is 46.7 Å². The van der Waals surface area contributed by atoms with E-state index in [1.165, 1.54) is 0 Å². The summed E-state index contributed by atoms with van der Waals surface area (Å²) in [4.78, 5) is 13.5. The second-order valence-electron chi connectivity index (χ2n) is 5.95. The molecular formula is C12H21NO4. The fourth-order valence-electron chi connectivity index (χ4n) is 2.42. The fourth-order valence-corrected chi connectivity index (χ4v) is 2.42. The van der Waals surface area contributed by atoms with Crippen molar-refractivity contribution in [3.63, 3.8) is 0 Å². The highest BCUT2D eigenvalue weighted by molar-refractivity contribution is 5.68. The molecule has 1 N–H and O–H groups in total. The lowest BCUT2D eigenvalue weighted by molar-refractivity contribution is -0.131. The number of rotatable bonds is 0. The van der Waals surface area contributed by atoms with Crippen molar-refractivity contribution in [3.8, 4) is 0 Å². The molecular weight excluding hydrogens is 222 g/mol. The largest absolute Gasteiger partial charge is 0.444 e. The second-order valence-corrected chi connectivity index (χ2v) is 5.95. The van der Waals surface area contributed by atoms with Gasteiger partial charge in [-0.3, -0.25) is 0 Å². The third kappa shape index (κ3) is 2.90. The maximum absolute atomic E-state index is 11.9. The van der Waals surface area contributed by atoms with Gasteiger partial charge in [-0.2, -0.15) is 0 Å². The van der Waals surface area contributed by atoms with E-state index < -0.39 is 11.9 Å². The van der Waals surface area contributed by atoms with Crippen LogP contribution in [0.4, 0.5) is 4.79 Å². The number of ether oxygens (including phenoxy) is 2. The maximum Gasteiger partial charge on any atom is 0.410 e. The quantitative estimate of drug-likeness (QED) is 0.700. The van der Waals surface area contributed by atoms with Gasteiger partial charge in [0.15, 0.2) is 6.29 Å². The van der Waals surface area contributed by atoms with Crippen LogP contribution in [0.15, 0.2) is 0 Å². The molecule has 0 saturated carbocycles. The highest BCUT2D eigenvalue weighted by Crippen LogP contribution is 2.37. The molecule has 2 unspecified atom stereocenters. The number of hydrogen-bond acceptors (Lipinski definition) is 4. The molecule has 0 aromatic heterocycles. The zero-order valence-electron chi connectivity index (χ0n) is 10.7. The molecule has 0 aromatic carbocycles. The first kappa shape index (κ1) is 12.6. The molecule has 2 rings (SSSR count). The van der Waals surface area contributed by atoms with Crippen molar-refractivity contribution in [3.05, 3.63) is 0 Å². The fraction of sp³-hybridized carbons (Fsp3) is 0.917. The molecule has 2 saturated heterocycles. The zero-order valence-corrected chi connectivity index (χ0v) is 10.7. The Labute approximate surface area is 102 Å². The lowest BCUT2D eigenvalue weighted by Gasteiger charge is -2.26. The van der Waals surface area contributed by atoms with E-state index in [9.17, 15) is 9.90 Å². The van der Waals surface area contributed by atoms with E-state index in [2.05, 4.69) is 0 Å². The summed E-state index contributed by atoms with van der Waals surface area (Å²) in [6.45, 7) is 6.73. The van der Waals surface area contributed by atoms with Crippen molar-refractivity contribution in [1.29, 1.82) is 0 Å². The zero-order chi connectivity index (χ0) is 12.7. The summed E-state index contributed by atoms with van der Waals surface area (Å²) in [5, 5.41) is 9.41. The summed E-state index contributed by atoms with van der Waals surface area (Å²) in [7, 11) is 0. The molecule has 0 aromatic rings. The van der Waals surface area contributed by atoms with Crippen LogP contribution in [0.25, 0.3) is 0 Å². The molecule has 98 valence electrons. The van der Waals surface area contributed by atoms with E-state index in [4.69, 9.17) is 9.47 Å². The van der Waals surface area contributed by atoms with Crippen molar-refractivity contribution in [2.75, 3.05) is 13.1 Å². The summed E-state index contributed by atoms with van der Waals surface area (Å²) in [5.41, 5.74) is -0.806. The van der Waals surface area contributed by atoms with Crippen LogP contribution in [0.5, 0.6) is 0 Å². The molecule has 17 heavy (non-hydrogen) atoms. The van der Waals surface area contributed by atoms with Crippen LogP contribution in [0.2, 0.25) is 0 Å². The molecule has 1 amide bonds. The van der Waals surface area contributed by atoms with Crippen molar-refractivity contribution in [2.24, 2.45) is 0 Å². The first-order chi connectivity index (χ1) is 7.80. The van der Waals surface area contributed by atoms with E-state index in [0.717, 1.165) is 12.8 Å². The lowest BCUT2D eigenvalue weighted by Crippen LogP contribution is -2.39. The highest BCUT2D eigenvalue weighted by atomic mass is 16.6. The van der Waals surface area contributed by atoms with Crippen LogP contribution in [0.3, 0.4) is 0 Å². The average molecular weight is 243 g/mol. The van der Waals surface area contributed by atoms with Gasteiger partial charge < -0.3 is 19.5 Å². The number of carbonyl (C=O) groups excluding carboxylic acids is 1. The van der Waals surface area contributed by atoms with Crippen molar-refractivity contribution >= 4 is 6.09 Å². The van der Waals surface area contributed by atoms with E-state index in [1.54, 1.807) is 4.90 Å². The van der Waals surface area contributed by atoms with Crippen LogP contribution in [0.1, 0.15) is 40.0 Å². The number of amides is 1. The number of aliphatic hydroxyl groups excluding tert-OH is 1. The molecule has 1 spiro atoms. The molecule has 2 aliphatic rings. The third-order valence-corrected chi connectivity index (χ3v) is 3.20. The van der Waals surface area contributed by atoms with Gasteiger partial charge in [0, 0.05) is 13.0 Å². The number of likely N-dealkylation sites (tertiary alicyclic amines) is 1. The van der Waals surface area contributed by atoms with Gasteiger partial charge in [0.2, 0.25) is 0 Å². The predicted molar refractivity (Wildman–Crippen MR) is 61.5 cm³/mol. The topological polar surface area (TPSA) is 59.0 Å². The Balaban J connectivity index is 1.92. The Kier molecular flexibility index (Phi) is 3.08. The Bertz CT molecular complexity index is 312. The van der Waals surface area contributed by atoms with Crippen LogP contribution < -0.4 is 0 Å². The smallest absolute Gasteiger partial charge is 0.410 e. The highest BCUT2D eigenvalue weighted by Gasteiger charge is 2.46. The van der Waals surface area contributed by atoms with E-state index in [0.29, 0.717) is 19.5 Å².